The molecule has 24 heavy (non-hydrogen) atoms. The lowest BCUT2D eigenvalue weighted by Gasteiger charge is -2.17. The summed E-state index contributed by atoms with van der Waals surface area (Å²) >= 11 is 0. The first-order chi connectivity index (χ1) is 11.5. The first-order valence-electron chi connectivity index (χ1n) is 8.23. The van der Waals surface area contributed by atoms with Crippen molar-refractivity contribution in [3.8, 4) is 0 Å². The van der Waals surface area contributed by atoms with Crippen LogP contribution in [0, 0.1) is 13.8 Å². The van der Waals surface area contributed by atoms with Crippen molar-refractivity contribution in [1.29, 1.82) is 0 Å². The van der Waals surface area contributed by atoms with Gasteiger partial charge in [-0.15, -0.1) is 0 Å². The van der Waals surface area contributed by atoms with E-state index in [0.29, 0.717) is 13.0 Å². The van der Waals surface area contributed by atoms with Crippen LogP contribution >= 0.6 is 0 Å². The number of nitrogens with one attached hydrogen (secondary N) is 1. The lowest BCUT2D eigenvalue weighted by Crippen LogP contribution is -2.34. The monoisotopic (exact) mass is 322 g/mol. The average Bonchev–Trinajstić information content (AvgIpc) is 2.92. The fourth-order valence-corrected chi connectivity index (χ4v) is 3.19. The van der Waals surface area contributed by atoms with Gasteiger partial charge in [-0.3, -0.25) is 9.59 Å². The van der Waals surface area contributed by atoms with E-state index in [1.165, 1.54) is 0 Å². The molecule has 1 heterocycles. The van der Waals surface area contributed by atoms with Crippen molar-refractivity contribution < 1.29 is 9.59 Å². The SMILES string of the molecule is Cc1ccc(NC(=O)CN2CC(c3ccccc3)CC2=O)c(C)c1. The van der Waals surface area contributed by atoms with Crippen molar-refractivity contribution in [2.45, 2.75) is 26.2 Å². The molecule has 124 valence electrons. The number of likely N-dealkylation sites (tertiary alicyclic amines) is 1. The molecule has 2 aromatic rings. The van der Waals surface area contributed by atoms with E-state index in [1.54, 1.807) is 4.90 Å². The number of hydrogen-bond donors (Lipinski definition) is 1. The number of benzene rings is 2. The molecule has 1 fully saturated rings. The number of carbonyl (C=O) groups is 2. The van der Waals surface area contributed by atoms with Gasteiger partial charge >= 0.3 is 0 Å². The molecular formula is C20H22N2O2. The Morgan fingerprint density at radius 2 is 1.92 bits per heavy atom. The van der Waals surface area contributed by atoms with Crippen LogP contribution in [0.1, 0.15) is 29.0 Å². The third-order valence-corrected chi connectivity index (χ3v) is 4.48. The van der Waals surface area contributed by atoms with E-state index in [-0.39, 0.29) is 24.3 Å². The van der Waals surface area contributed by atoms with Crippen LogP contribution in [0.15, 0.2) is 48.5 Å². The van der Waals surface area contributed by atoms with Gasteiger partial charge in [0.05, 0.1) is 6.54 Å². The highest BCUT2D eigenvalue weighted by atomic mass is 16.2. The van der Waals surface area contributed by atoms with Crippen LogP contribution in [0.25, 0.3) is 0 Å². The molecular weight excluding hydrogens is 300 g/mol. The zero-order valence-electron chi connectivity index (χ0n) is 14.1. The van der Waals surface area contributed by atoms with Crippen LogP contribution in [-0.2, 0) is 9.59 Å². The predicted molar refractivity (Wildman–Crippen MR) is 94.9 cm³/mol. The van der Waals surface area contributed by atoms with E-state index in [2.05, 4.69) is 5.32 Å². The zero-order valence-corrected chi connectivity index (χ0v) is 14.1. The maximum Gasteiger partial charge on any atom is 0.244 e. The van der Waals surface area contributed by atoms with Crippen molar-refractivity contribution in [2.75, 3.05) is 18.4 Å². The molecule has 0 spiro atoms. The number of hydrogen-bond acceptors (Lipinski definition) is 2. The highest BCUT2D eigenvalue weighted by molar-refractivity contribution is 5.95. The van der Waals surface area contributed by atoms with Crippen LogP contribution in [0.2, 0.25) is 0 Å². The molecule has 4 heteroatoms. The molecule has 3 rings (SSSR count). The molecule has 1 aliphatic heterocycles. The van der Waals surface area contributed by atoms with Gasteiger partial charge in [0.25, 0.3) is 0 Å². The molecule has 0 saturated carbocycles. The van der Waals surface area contributed by atoms with Crippen molar-refractivity contribution >= 4 is 17.5 Å². The Labute approximate surface area is 142 Å². The van der Waals surface area contributed by atoms with Crippen molar-refractivity contribution in [2.24, 2.45) is 0 Å². The van der Waals surface area contributed by atoms with Crippen molar-refractivity contribution in [1.82, 2.24) is 4.90 Å². The van der Waals surface area contributed by atoms with Gasteiger partial charge in [0.1, 0.15) is 0 Å². The summed E-state index contributed by atoms with van der Waals surface area (Å²) in [7, 11) is 0. The second kappa shape index (κ2) is 6.87. The molecule has 4 nitrogen and oxygen atoms in total. The lowest BCUT2D eigenvalue weighted by atomic mass is 9.99. The van der Waals surface area contributed by atoms with Crippen LogP contribution < -0.4 is 5.32 Å². The summed E-state index contributed by atoms with van der Waals surface area (Å²) in [6.07, 6.45) is 0.473. The van der Waals surface area contributed by atoms with Gasteiger partial charge in [-0.05, 0) is 31.0 Å². The Balaban J connectivity index is 1.61. The molecule has 1 unspecified atom stereocenters. The van der Waals surface area contributed by atoms with Gasteiger partial charge in [0.2, 0.25) is 11.8 Å². The van der Waals surface area contributed by atoms with E-state index in [1.807, 2.05) is 62.4 Å². The maximum atomic E-state index is 12.3. The van der Waals surface area contributed by atoms with Crippen LogP contribution in [-0.4, -0.2) is 29.8 Å². The fourth-order valence-electron chi connectivity index (χ4n) is 3.19. The first kappa shape index (κ1) is 16.2. The molecule has 0 radical (unpaired) electrons. The van der Waals surface area contributed by atoms with E-state index in [0.717, 1.165) is 22.4 Å². The second-order valence-electron chi connectivity index (χ2n) is 6.45. The Hall–Kier alpha value is -2.62. The van der Waals surface area contributed by atoms with Crippen LogP contribution in [0.5, 0.6) is 0 Å². The summed E-state index contributed by atoms with van der Waals surface area (Å²) in [6, 6.07) is 15.9. The highest BCUT2D eigenvalue weighted by Crippen LogP contribution is 2.27. The minimum Gasteiger partial charge on any atom is -0.333 e. The quantitative estimate of drug-likeness (QED) is 0.939. The molecule has 0 bridgehead atoms. The molecule has 0 aliphatic carbocycles. The third kappa shape index (κ3) is 3.65. The first-order valence-corrected chi connectivity index (χ1v) is 8.23. The Kier molecular flexibility index (Phi) is 4.65. The molecule has 2 aromatic carbocycles. The summed E-state index contributed by atoms with van der Waals surface area (Å²) in [4.78, 5) is 26.1. The van der Waals surface area contributed by atoms with E-state index >= 15 is 0 Å². The summed E-state index contributed by atoms with van der Waals surface area (Å²) in [5, 5.41) is 2.91. The predicted octanol–water partition coefficient (Wildman–Crippen LogP) is 3.26. The van der Waals surface area contributed by atoms with Gasteiger partial charge < -0.3 is 10.2 Å². The van der Waals surface area contributed by atoms with E-state index in [9.17, 15) is 9.59 Å². The molecule has 1 atom stereocenters. The lowest BCUT2D eigenvalue weighted by molar-refractivity contribution is -0.131. The van der Waals surface area contributed by atoms with Crippen LogP contribution in [0.4, 0.5) is 5.69 Å². The normalized spacial score (nSPS) is 17.2. The smallest absolute Gasteiger partial charge is 0.244 e. The van der Waals surface area contributed by atoms with Gasteiger partial charge in [-0.25, -0.2) is 0 Å². The minimum absolute atomic E-state index is 0.0413. The standard InChI is InChI=1S/C20H22N2O2/c1-14-8-9-18(15(2)10-14)21-19(23)13-22-12-17(11-20(22)24)16-6-4-3-5-7-16/h3-10,17H,11-13H2,1-2H3,(H,21,23). The average molecular weight is 322 g/mol. The Bertz CT molecular complexity index is 755. The molecule has 1 saturated heterocycles. The van der Waals surface area contributed by atoms with Gasteiger partial charge in [-0.1, -0.05) is 48.0 Å². The van der Waals surface area contributed by atoms with Crippen LogP contribution in [0.3, 0.4) is 0 Å². The number of rotatable bonds is 4. The number of anilines is 1. The highest BCUT2D eigenvalue weighted by Gasteiger charge is 2.31. The molecule has 1 N–H and O–H groups in total. The van der Waals surface area contributed by atoms with Gasteiger partial charge in [-0.2, -0.15) is 0 Å². The maximum absolute atomic E-state index is 12.3. The van der Waals surface area contributed by atoms with E-state index in [4.69, 9.17) is 0 Å². The number of carbonyl (C=O) groups excluding carboxylic acids is 2. The van der Waals surface area contributed by atoms with Crippen molar-refractivity contribution in [3.05, 3.63) is 65.2 Å². The van der Waals surface area contributed by atoms with E-state index < -0.39 is 0 Å². The number of aryl methyl sites for hydroxylation is 2. The summed E-state index contributed by atoms with van der Waals surface area (Å²) < 4.78 is 0. The molecule has 2 amide bonds. The minimum atomic E-state index is -0.149. The molecule has 1 aliphatic rings. The summed E-state index contributed by atoms with van der Waals surface area (Å²) in [6.45, 7) is 4.69. The second-order valence-corrected chi connectivity index (χ2v) is 6.45. The Morgan fingerprint density at radius 3 is 2.62 bits per heavy atom. The topological polar surface area (TPSA) is 49.4 Å². The number of nitrogens with zero attached hydrogens (tertiary/aromatic N) is 1. The van der Waals surface area contributed by atoms with Gasteiger partial charge in [0, 0.05) is 24.6 Å². The van der Waals surface area contributed by atoms with Crippen molar-refractivity contribution in [3.63, 3.8) is 0 Å². The van der Waals surface area contributed by atoms with Gasteiger partial charge in [0.15, 0.2) is 0 Å². The summed E-state index contributed by atoms with van der Waals surface area (Å²) in [5.74, 6) is 0.0660. The summed E-state index contributed by atoms with van der Waals surface area (Å²) in [5.41, 5.74) is 4.14. The molecule has 0 aromatic heterocycles. The zero-order chi connectivity index (χ0) is 17.1. The number of amides is 2. The largest absolute Gasteiger partial charge is 0.333 e. The third-order valence-electron chi connectivity index (χ3n) is 4.48. The Morgan fingerprint density at radius 1 is 1.17 bits per heavy atom. The fraction of sp³-hybridized carbons (Fsp3) is 0.300.